The van der Waals surface area contributed by atoms with E-state index in [9.17, 15) is 17.6 Å². The molecule has 0 spiro atoms. The number of benzene rings is 1. The summed E-state index contributed by atoms with van der Waals surface area (Å²) < 4.78 is 72.2. The standard InChI is InChI=1S/C31H38F3N7O3S/c1-21-22-6-5-7-24(18-22)31(33,34)23-9-12-39(13-10-23)20-25(32)8-3-2-4-11-41-29-26(28(35-21)36-38-37-29)19-27(30(41)42)40-14-16-45(43,44)17-15-40/h2,4-7,18-19,21,23,25H,3,8-17,20H2,1H3,(H,35,36,37)/b4-2-/t21-,25?/m1/s1. The molecule has 2 fully saturated rings. The van der Waals surface area contributed by atoms with Crippen molar-refractivity contribution in [3.05, 3.63) is 64.0 Å². The van der Waals surface area contributed by atoms with E-state index >= 15 is 8.78 Å². The molecule has 2 atom stereocenters. The molecular formula is C31H38F3N7O3S. The number of halogens is 3. The van der Waals surface area contributed by atoms with Gasteiger partial charge in [-0.1, -0.05) is 30.4 Å². The molecule has 6 heterocycles. The van der Waals surface area contributed by atoms with Gasteiger partial charge < -0.3 is 15.1 Å². The molecule has 8 bridgehead atoms. The number of piperidine rings is 1. The number of nitrogens with zero attached hydrogens (tertiary/aromatic N) is 6. The van der Waals surface area contributed by atoms with Crippen LogP contribution in [0.25, 0.3) is 11.0 Å². The minimum Gasteiger partial charge on any atom is -0.365 e. The van der Waals surface area contributed by atoms with Crippen LogP contribution < -0.4 is 15.8 Å². The lowest BCUT2D eigenvalue weighted by Crippen LogP contribution is -2.43. The monoisotopic (exact) mass is 645 g/mol. The third-order valence-corrected chi connectivity index (χ3v) is 10.9. The molecule has 4 aliphatic heterocycles. The number of alkyl halides is 3. The van der Waals surface area contributed by atoms with Crippen molar-refractivity contribution in [3.8, 4) is 0 Å². The zero-order valence-electron chi connectivity index (χ0n) is 25.2. The van der Waals surface area contributed by atoms with Crippen molar-refractivity contribution >= 4 is 32.4 Å². The highest BCUT2D eigenvalue weighted by Gasteiger charge is 2.43. The van der Waals surface area contributed by atoms with Crippen molar-refractivity contribution in [2.45, 2.75) is 57.3 Å². The van der Waals surface area contributed by atoms with E-state index in [1.165, 1.54) is 16.7 Å². The van der Waals surface area contributed by atoms with Crippen molar-refractivity contribution in [2.75, 3.05) is 54.4 Å². The molecule has 0 amide bonds. The molecule has 14 heteroatoms. The number of anilines is 2. The summed E-state index contributed by atoms with van der Waals surface area (Å²) in [4.78, 5) is 17.5. The van der Waals surface area contributed by atoms with E-state index in [4.69, 9.17) is 0 Å². The molecule has 4 aliphatic rings. The molecule has 2 saturated heterocycles. The minimum atomic E-state index is -3.19. The van der Waals surface area contributed by atoms with Crippen molar-refractivity contribution in [1.82, 2.24) is 24.9 Å². The smallest absolute Gasteiger partial charge is 0.276 e. The third-order valence-electron chi connectivity index (χ3n) is 9.25. The van der Waals surface area contributed by atoms with Crippen molar-refractivity contribution in [3.63, 3.8) is 0 Å². The van der Waals surface area contributed by atoms with Crippen molar-refractivity contribution in [2.24, 2.45) is 5.92 Å². The first-order valence-electron chi connectivity index (χ1n) is 15.5. The Morgan fingerprint density at radius 2 is 1.76 bits per heavy atom. The molecule has 0 saturated carbocycles. The zero-order chi connectivity index (χ0) is 31.8. The van der Waals surface area contributed by atoms with Crippen LogP contribution in [0, 0.1) is 5.92 Å². The average Bonchev–Trinajstić information content (AvgIpc) is 3.02. The van der Waals surface area contributed by atoms with E-state index in [0.29, 0.717) is 42.0 Å². The summed E-state index contributed by atoms with van der Waals surface area (Å²) in [6.07, 6.45) is 3.80. The van der Waals surface area contributed by atoms with E-state index in [1.807, 2.05) is 17.9 Å². The first-order chi connectivity index (χ1) is 21.5. The van der Waals surface area contributed by atoms with E-state index in [0.717, 1.165) is 0 Å². The quantitative estimate of drug-likeness (QED) is 0.391. The van der Waals surface area contributed by atoms with Gasteiger partial charge in [-0.25, -0.2) is 21.6 Å². The first kappa shape index (κ1) is 31.5. The number of aromatic nitrogens is 4. The Morgan fingerprint density at radius 1 is 1.00 bits per heavy atom. The summed E-state index contributed by atoms with van der Waals surface area (Å²) in [6.45, 7) is 3.36. The lowest BCUT2D eigenvalue weighted by molar-refractivity contribution is -0.0865. The molecule has 2 aromatic heterocycles. The highest BCUT2D eigenvalue weighted by molar-refractivity contribution is 7.91. The Kier molecular flexibility index (Phi) is 8.88. The Morgan fingerprint density at radius 3 is 2.51 bits per heavy atom. The van der Waals surface area contributed by atoms with Gasteiger partial charge in [-0.3, -0.25) is 9.36 Å². The fraction of sp³-hybridized carbons (Fsp3) is 0.548. The van der Waals surface area contributed by atoms with Gasteiger partial charge in [0, 0.05) is 37.7 Å². The Labute approximate surface area is 260 Å². The highest BCUT2D eigenvalue weighted by Crippen LogP contribution is 2.42. The second-order valence-electron chi connectivity index (χ2n) is 12.3. The van der Waals surface area contributed by atoms with Gasteiger partial charge in [0.15, 0.2) is 21.3 Å². The van der Waals surface area contributed by atoms with Gasteiger partial charge in [-0.05, 0) is 68.6 Å². The maximum atomic E-state index is 15.8. The summed E-state index contributed by atoms with van der Waals surface area (Å²) >= 11 is 0. The summed E-state index contributed by atoms with van der Waals surface area (Å²) in [5, 5.41) is 16.1. The predicted molar refractivity (Wildman–Crippen MR) is 167 cm³/mol. The van der Waals surface area contributed by atoms with E-state index in [1.54, 1.807) is 29.2 Å². The second kappa shape index (κ2) is 12.7. The first-order valence-corrected chi connectivity index (χ1v) is 17.3. The molecule has 1 unspecified atom stereocenters. The summed E-state index contributed by atoms with van der Waals surface area (Å²) in [6, 6.07) is 7.55. The number of sulfone groups is 1. The Hall–Kier alpha value is -3.52. The normalized spacial score (nSPS) is 27.9. The fourth-order valence-corrected chi connectivity index (χ4v) is 7.71. The minimum absolute atomic E-state index is 0.0609. The van der Waals surface area contributed by atoms with Gasteiger partial charge in [0.2, 0.25) is 0 Å². The zero-order valence-corrected chi connectivity index (χ0v) is 26.0. The van der Waals surface area contributed by atoms with Crippen LogP contribution in [-0.2, 0) is 22.3 Å². The van der Waals surface area contributed by atoms with Crippen LogP contribution in [0.5, 0.6) is 0 Å². The molecule has 0 radical (unpaired) electrons. The summed E-state index contributed by atoms with van der Waals surface area (Å²) in [5.74, 6) is -3.70. The van der Waals surface area contributed by atoms with Gasteiger partial charge in [0.25, 0.3) is 11.5 Å². The van der Waals surface area contributed by atoms with Gasteiger partial charge in [-0.2, -0.15) is 0 Å². The summed E-state index contributed by atoms with van der Waals surface area (Å²) in [7, 11) is -3.19. The Balaban J connectivity index is 1.41. The van der Waals surface area contributed by atoms with Gasteiger partial charge >= 0.3 is 0 Å². The SMILES string of the molecule is C[C@H]1Nc2nnnc3c2cc(N2CCS(=O)(=O)CC2)c(=O)n3C/C=C\CCC(F)CN2CCC(CC2)C(F)(F)c2cccc1c2. The number of hydrogen-bond acceptors (Lipinski definition) is 9. The molecule has 1 aromatic carbocycles. The van der Waals surface area contributed by atoms with Crippen LogP contribution in [0.2, 0.25) is 0 Å². The number of nitrogens with one attached hydrogen (secondary N) is 1. The predicted octanol–water partition coefficient (Wildman–Crippen LogP) is 4.09. The molecule has 242 valence electrons. The molecular weight excluding hydrogens is 607 g/mol. The van der Waals surface area contributed by atoms with Crippen molar-refractivity contribution < 1.29 is 21.6 Å². The maximum absolute atomic E-state index is 15.8. The third kappa shape index (κ3) is 6.71. The lowest BCUT2D eigenvalue weighted by atomic mass is 9.85. The van der Waals surface area contributed by atoms with Crippen LogP contribution in [-0.4, -0.2) is 83.7 Å². The average molecular weight is 646 g/mol. The van der Waals surface area contributed by atoms with E-state index < -0.39 is 33.9 Å². The van der Waals surface area contributed by atoms with Gasteiger partial charge in [-0.15, -0.1) is 10.2 Å². The Bertz CT molecular complexity index is 1730. The fourth-order valence-electron chi connectivity index (χ4n) is 6.51. The number of hydrogen-bond donors (Lipinski definition) is 1. The second-order valence-corrected chi connectivity index (χ2v) is 14.6. The van der Waals surface area contributed by atoms with Crippen LogP contribution in [0.3, 0.4) is 0 Å². The van der Waals surface area contributed by atoms with Crippen LogP contribution in [0.15, 0.2) is 47.3 Å². The largest absolute Gasteiger partial charge is 0.365 e. The molecule has 0 aliphatic carbocycles. The lowest BCUT2D eigenvalue weighted by Gasteiger charge is -2.36. The van der Waals surface area contributed by atoms with Crippen LogP contribution in [0.4, 0.5) is 24.7 Å². The molecule has 7 rings (SSSR count). The van der Waals surface area contributed by atoms with Crippen LogP contribution in [0.1, 0.15) is 49.8 Å². The molecule has 10 nitrogen and oxygen atoms in total. The number of rotatable bonds is 1. The number of pyridine rings is 1. The van der Waals surface area contributed by atoms with E-state index in [2.05, 4.69) is 20.7 Å². The number of allylic oxidation sites excluding steroid dienone is 2. The molecule has 45 heavy (non-hydrogen) atoms. The summed E-state index contributed by atoms with van der Waals surface area (Å²) in [5.41, 5.74) is 0.784. The highest BCUT2D eigenvalue weighted by atomic mass is 32.2. The number of fused-ring (bicyclic) bond motifs is 8. The maximum Gasteiger partial charge on any atom is 0.276 e. The molecule has 3 aromatic rings. The van der Waals surface area contributed by atoms with Crippen molar-refractivity contribution in [1.29, 1.82) is 0 Å². The van der Waals surface area contributed by atoms with Crippen LogP contribution >= 0.6 is 0 Å². The van der Waals surface area contributed by atoms with E-state index in [-0.39, 0.29) is 73.7 Å². The molecule has 1 N–H and O–H groups in total. The van der Waals surface area contributed by atoms with Gasteiger partial charge in [0.05, 0.1) is 22.9 Å². The van der Waals surface area contributed by atoms with Gasteiger partial charge in [0.1, 0.15) is 11.9 Å². The topological polar surface area (TPSA) is 113 Å².